The maximum atomic E-state index is 10.9. The van der Waals surface area contributed by atoms with Crippen molar-refractivity contribution in [3.63, 3.8) is 0 Å². The number of hydrogen-bond donors (Lipinski definition) is 1. The van der Waals surface area contributed by atoms with Crippen LogP contribution < -0.4 is 0 Å². The SMILES string of the molecule is Cc1ccc(C)c(C(O)c2ccc(C)cc2C(C)(C)C)c1. The Balaban J connectivity index is 2.58. The number of aryl methyl sites for hydroxylation is 3. The second-order valence-electron chi connectivity index (χ2n) is 7.10. The van der Waals surface area contributed by atoms with Gasteiger partial charge in [-0.3, -0.25) is 0 Å². The fourth-order valence-corrected chi connectivity index (χ4v) is 2.78. The molecule has 0 aliphatic heterocycles. The lowest BCUT2D eigenvalue weighted by Crippen LogP contribution is -2.17. The fourth-order valence-electron chi connectivity index (χ4n) is 2.78. The second-order valence-corrected chi connectivity index (χ2v) is 7.10. The van der Waals surface area contributed by atoms with Gasteiger partial charge in [0.15, 0.2) is 0 Å². The van der Waals surface area contributed by atoms with Crippen LogP contribution in [0.4, 0.5) is 0 Å². The van der Waals surface area contributed by atoms with Crippen LogP contribution in [0.2, 0.25) is 0 Å². The van der Waals surface area contributed by atoms with Gasteiger partial charge in [0.05, 0.1) is 0 Å². The van der Waals surface area contributed by atoms with Crippen LogP contribution in [-0.4, -0.2) is 5.11 Å². The highest BCUT2D eigenvalue weighted by molar-refractivity contribution is 5.44. The summed E-state index contributed by atoms with van der Waals surface area (Å²) in [6.45, 7) is 12.8. The predicted octanol–water partition coefficient (Wildman–Crippen LogP) is 4.99. The molecule has 0 aliphatic carbocycles. The van der Waals surface area contributed by atoms with Crippen LogP contribution in [-0.2, 0) is 5.41 Å². The van der Waals surface area contributed by atoms with Crippen molar-refractivity contribution in [2.24, 2.45) is 0 Å². The van der Waals surface area contributed by atoms with E-state index in [9.17, 15) is 5.11 Å². The third-order valence-corrected chi connectivity index (χ3v) is 4.04. The van der Waals surface area contributed by atoms with Gasteiger partial charge >= 0.3 is 0 Å². The molecule has 1 atom stereocenters. The van der Waals surface area contributed by atoms with Gasteiger partial charge in [-0.25, -0.2) is 0 Å². The van der Waals surface area contributed by atoms with Crippen LogP contribution in [0.1, 0.15) is 60.3 Å². The molecular formula is C20H26O. The zero-order valence-electron chi connectivity index (χ0n) is 14.0. The average Bonchev–Trinajstić information content (AvgIpc) is 2.40. The smallest absolute Gasteiger partial charge is 0.105 e. The Morgan fingerprint density at radius 1 is 0.810 bits per heavy atom. The zero-order valence-corrected chi connectivity index (χ0v) is 14.0. The van der Waals surface area contributed by atoms with Crippen molar-refractivity contribution < 1.29 is 5.11 Å². The normalized spacial score (nSPS) is 13.3. The van der Waals surface area contributed by atoms with E-state index in [1.807, 2.05) is 0 Å². The molecule has 0 saturated carbocycles. The summed E-state index contributed by atoms with van der Waals surface area (Å²) < 4.78 is 0. The largest absolute Gasteiger partial charge is 0.384 e. The highest BCUT2D eigenvalue weighted by Gasteiger charge is 2.23. The molecule has 112 valence electrons. The Morgan fingerprint density at radius 3 is 2.00 bits per heavy atom. The number of aliphatic hydroxyl groups is 1. The minimum atomic E-state index is -0.570. The van der Waals surface area contributed by atoms with E-state index in [2.05, 4.69) is 77.9 Å². The molecule has 2 rings (SSSR count). The Morgan fingerprint density at radius 2 is 1.38 bits per heavy atom. The summed E-state index contributed by atoms with van der Waals surface area (Å²) in [5, 5.41) is 10.9. The van der Waals surface area contributed by atoms with Crippen molar-refractivity contribution in [3.8, 4) is 0 Å². The van der Waals surface area contributed by atoms with E-state index in [0.717, 1.165) is 16.7 Å². The summed E-state index contributed by atoms with van der Waals surface area (Å²) in [7, 11) is 0. The van der Waals surface area contributed by atoms with E-state index < -0.39 is 6.10 Å². The summed E-state index contributed by atoms with van der Waals surface area (Å²) in [5.74, 6) is 0. The molecule has 21 heavy (non-hydrogen) atoms. The van der Waals surface area contributed by atoms with Gasteiger partial charge in [0.25, 0.3) is 0 Å². The molecule has 1 heteroatoms. The molecule has 0 amide bonds. The van der Waals surface area contributed by atoms with Crippen molar-refractivity contribution in [2.75, 3.05) is 0 Å². The van der Waals surface area contributed by atoms with Crippen molar-refractivity contribution in [1.82, 2.24) is 0 Å². The zero-order chi connectivity index (χ0) is 15.8. The monoisotopic (exact) mass is 282 g/mol. The van der Waals surface area contributed by atoms with E-state index in [1.165, 1.54) is 16.7 Å². The molecule has 2 aromatic carbocycles. The second kappa shape index (κ2) is 5.65. The molecule has 1 nitrogen and oxygen atoms in total. The van der Waals surface area contributed by atoms with Crippen LogP contribution in [0.25, 0.3) is 0 Å². The Bertz CT molecular complexity index is 647. The number of rotatable bonds is 2. The summed E-state index contributed by atoms with van der Waals surface area (Å²) in [4.78, 5) is 0. The Kier molecular flexibility index (Phi) is 4.25. The van der Waals surface area contributed by atoms with E-state index in [0.29, 0.717) is 0 Å². The third kappa shape index (κ3) is 3.36. The first-order valence-electron chi connectivity index (χ1n) is 7.56. The fraction of sp³-hybridized carbons (Fsp3) is 0.400. The van der Waals surface area contributed by atoms with Gasteiger partial charge in [0.1, 0.15) is 6.10 Å². The molecule has 0 aromatic heterocycles. The first-order chi connectivity index (χ1) is 9.70. The van der Waals surface area contributed by atoms with Crippen molar-refractivity contribution in [2.45, 2.75) is 53.1 Å². The third-order valence-electron chi connectivity index (χ3n) is 4.04. The average molecular weight is 282 g/mol. The van der Waals surface area contributed by atoms with Gasteiger partial charge in [-0.15, -0.1) is 0 Å². The van der Waals surface area contributed by atoms with E-state index in [1.54, 1.807) is 0 Å². The molecule has 0 heterocycles. The Labute approximate surface area is 128 Å². The molecule has 1 unspecified atom stereocenters. The molecule has 0 bridgehead atoms. The Hall–Kier alpha value is -1.60. The van der Waals surface area contributed by atoms with Crippen LogP contribution in [0.3, 0.4) is 0 Å². The molecule has 0 spiro atoms. The van der Waals surface area contributed by atoms with Crippen LogP contribution in [0.5, 0.6) is 0 Å². The van der Waals surface area contributed by atoms with Crippen molar-refractivity contribution >= 4 is 0 Å². The predicted molar refractivity (Wildman–Crippen MR) is 89.9 cm³/mol. The highest BCUT2D eigenvalue weighted by atomic mass is 16.3. The lowest BCUT2D eigenvalue weighted by Gasteiger charge is -2.27. The van der Waals surface area contributed by atoms with Gasteiger partial charge in [-0.2, -0.15) is 0 Å². The summed E-state index contributed by atoms with van der Waals surface area (Å²) in [6.07, 6.45) is -0.570. The summed E-state index contributed by atoms with van der Waals surface area (Å²) in [5.41, 5.74) is 6.80. The quantitative estimate of drug-likeness (QED) is 0.822. The molecule has 0 aliphatic rings. The molecule has 2 aromatic rings. The minimum Gasteiger partial charge on any atom is -0.384 e. The number of aliphatic hydroxyl groups excluding tert-OH is 1. The first kappa shape index (κ1) is 15.8. The van der Waals surface area contributed by atoms with Crippen LogP contribution in [0, 0.1) is 20.8 Å². The van der Waals surface area contributed by atoms with Gasteiger partial charge in [-0.05, 0) is 48.4 Å². The standard InChI is InChI=1S/C20H26O/c1-13-7-9-15(3)17(11-13)19(21)16-10-8-14(2)12-18(16)20(4,5)6/h7-12,19,21H,1-6H3. The van der Waals surface area contributed by atoms with E-state index >= 15 is 0 Å². The molecule has 1 N–H and O–H groups in total. The topological polar surface area (TPSA) is 20.2 Å². The number of hydrogen-bond acceptors (Lipinski definition) is 1. The van der Waals surface area contributed by atoms with Crippen LogP contribution >= 0.6 is 0 Å². The molecule has 0 saturated heterocycles. The van der Waals surface area contributed by atoms with Gasteiger partial charge in [0, 0.05) is 0 Å². The van der Waals surface area contributed by atoms with Gasteiger partial charge in [-0.1, -0.05) is 68.3 Å². The maximum absolute atomic E-state index is 10.9. The summed E-state index contributed by atoms with van der Waals surface area (Å²) >= 11 is 0. The van der Waals surface area contributed by atoms with E-state index in [4.69, 9.17) is 0 Å². The van der Waals surface area contributed by atoms with Gasteiger partial charge < -0.3 is 5.11 Å². The first-order valence-corrected chi connectivity index (χ1v) is 7.56. The minimum absolute atomic E-state index is 0.0140. The molecule has 0 fully saturated rings. The lowest BCUT2D eigenvalue weighted by atomic mass is 9.80. The maximum Gasteiger partial charge on any atom is 0.105 e. The summed E-state index contributed by atoms with van der Waals surface area (Å²) in [6, 6.07) is 12.6. The van der Waals surface area contributed by atoms with Crippen molar-refractivity contribution in [1.29, 1.82) is 0 Å². The van der Waals surface area contributed by atoms with E-state index in [-0.39, 0.29) is 5.41 Å². The highest BCUT2D eigenvalue weighted by Crippen LogP contribution is 2.34. The molecular weight excluding hydrogens is 256 g/mol. The van der Waals surface area contributed by atoms with Crippen LogP contribution in [0.15, 0.2) is 36.4 Å². The van der Waals surface area contributed by atoms with Gasteiger partial charge in [0.2, 0.25) is 0 Å². The van der Waals surface area contributed by atoms with Crippen molar-refractivity contribution in [3.05, 3.63) is 69.8 Å². The lowest BCUT2D eigenvalue weighted by molar-refractivity contribution is 0.216. The number of benzene rings is 2. The molecule has 0 radical (unpaired) electrons.